The third kappa shape index (κ3) is 4.27. The van der Waals surface area contributed by atoms with Crippen LogP contribution in [0.4, 0.5) is 0 Å². The maximum atomic E-state index is 12.9. The van der Waals surface area contributed by atoms with Crippen molar-refractivity contribution >= 4 is 27.7 Å². The summed E-state index contributed by atoms with van der Waals surface area (Å²) in [5.74, 6) is 1.16. The molecule has 0 N–H and O–H groups in total. The smallest absolute Gasteiger partial charge is 0.306 e. The van der Waals surface area contributed by atoms with Crippen LogP contribution in [-0.2, 0) is 20.8 Å². The molecule has 170 valence electrons. The van der Waals surface area contributed by atoms with Gasteiger partial charge in [0.05, 0.1) is 12.5 Å². The molecule has 1 aliphatic heterocycles. The number of hydrogen-bond donors (Lipinski definition) is 0. The highest BCUT2D eigenvalue weighted by Crippen LogP contribution is 2.65. The quantitative estimate of drug-likeness (QED) is 0.301. The molecule has 3 atom stereocenters. The number of nitrogens with zero attached hydrogens (tertiary/aromatic N) is 1. The van der Waals surface area contributed by atoms with Gasteiger partial charge in [-0.05, 0) is 88.5 Å². The maximum absolute atomic E-state index is 12.9. The number of rotatable bonds is 7. The van der Waals surface area contributed by atoms with Gasteiger partial charge in [0.15, 0.2) is 6.61 Å². The van der Waals surface area contributed by atoms with Crippen molar-refractivity contribution in [1.29, 1.82) is 0 Å². The number of alkyl halides is 1. The molecule has 1 aromatic rings. The molecule has 0 radical (unpaired) electrons. The van der Waals surface area contributed by atoms with Gasteiger partial charge in [0.1, 0.15) is 0 Å². The van der Waals surface area contributed by atoms with Crippen LogP contribution in [0.3, 0.4) is 0 Å². The SMILES string of the molecule is Cc1cc(C(=O)COC(=O)CC23C[C@H]4C[C@@H](CC(Br)(C4)C2)C3)c(C)n1C[C@@H]1CCCO1. The summed E-state index contributed by atoms with van der Waals surface area (Å²) in [4.78, 5) is 25.6. The molecular weight excluding hydrogens is 458 g/mol. The number of ether oxygens (including phenoxy) is 2. The molecule has 5 nitrogen and oxygen atoms in total. The Morgan fingerprint density at radius 3 is 2.61 bits per heavy atom. The van der Waals surface area contributed by atoms with Crippen molar-refractivity contribution in [2.24, 2.45) is 17.3 Å². The number of aromatic nitrogens is 1. The molecule has 6 heteroatoms. The molecule has 4 bridgehead atoms. The summed E-state index contributed by atoms with van der Waals surface area (Å²) >= 11 is 4.01. The van der Waals surface area contributed by atoms with Crippen molar-refractivity contribution in [3.05, 3.63) is 23.0 Å². The van der Waals surface area contributed by atoms with Crippen LogP contribution in [0, 0.1) is 31.1 Å². The summed E-state index contributed by atoms with van der Waals surface area (Å²) in [6.07, 6.45) is 10.0. The molecular formula is C25H34BrNO4. The van der Waals surface area contributed by atoms with Crippen LogP contribution in [-0.4, -0.2) is 40.0 Å². The summed E-state index contributed by atoms with van der Waals surface area (Å²) < 4.78 is 13.7. The van der Waals surface area contributed by atoms with Crippen LogP contribution in [0.5, 0.6) is 0 Å². The molecule has 0 amide bonds. The normalized spacial score (nSPS) is 36.2. The first-order chi connectivity index (χ1) is 14.7. The second-order valence-corrected chi connectivity index (χ2v) is 12.6. The Hall–Kier alpha value is -1.14. The van der Waals surface area contributed by atoms with Gasteiger partial charge in [-0.1, -0.05) is 15.9 Å². The molecule has 0 unspecified atom stereocenters. The topological polar surface area (TPSA) is 57.5 Å². The molecule has 4 saturated carbocycles. The maximum Gasteiger partial charge on any atom is 0.306 e. The second-order valence-electron chi connectivity index (χ2n) is 10.9. The Balaban J connectivity index is 1.19. The average molecular weight is 492 g/mol. The predicted octanol–water partition coefficient (Wildman–Crippen LogP) is 5.13. The van der Waals surface area contributed by atoms with E-state index in [2.05, 4.69) is 20.5 Å². The first-order valence-corrected chi connectivity index (χ1v) is 12.7. The fourth-order valence-electron chi connectivity index (χ4n) is 7.48. The van der Waals surface area contributed by atoms with Gasteiger partial charge in [0, 0.05) is 34.4 Å². The van der Waals surface area contributed by atoms with Crippen LogP contribution < -0.4 is 0 Å². The van der Waals surface area contributed by atoms with E-state index in [-0.39, 0.29) is 34.2 Å². The van der Waals surface area contributed by atoms with E-state index in [1.54, 1.807) is 0 Å². The van der Waals surface area contributed by atoms with Crippen LogP contribution in [0.25, 0.3) is 0 Å². The molecule has 6 rings (SSSR count). The van der Waals surface area contributed by atoms with Crippen molar-refractivity contribution in [1.82, 2.24) is 4.57 Å². The second kappa shape index (κ2) is 8.02. The third-order valence-electron chi connectivity index (χ3n) is 8.28. The highest BCUT2D eigenvalue weighted by atomic mass is 79.9. The Morgan fingerprint density at radius 1 is 1.23 bits per heavy atom. The largest absolute Gasteiger partial charge is 0.457 e. The third-order valence-corrected chi connectivity index (χ3v) is 9.21. The lowest BCUT2D eigenvalue weighted by atomic mass is 9.49. The monoisotopic (exact) mass is 491 g/mol. The van der Waals surface area contributed by atoms with Crippen molar-refractivity contribution in [3.63, 3.8) is 0 Å². The Kier molecular flexibility index (Phi) is 5.61. The Bertz CT molecular complexity index is 870. The first kappa shape index (κ1) is 21.7. The van der Waals surface area contributed by atoms with E-state index in [9.17, 15) is 9.59 Å². The van der Waals surface area contributed by atoms with Crippen molar-refractivity contribution < 1.29 is 19.1 Å². The zero-order valence-electron chi connectivity index (χ0n) is 18.8. The molecule has 1 saturated heterocycles. The van der Waals surface area contributed by atoms with E-state index >= 15 is 0 Å². The van der Waals surface area contributed by atoms with E-state index in [4.69, 9.17) is 9.47 Å². The molecule has 5 fully saturated rings. The van der Waals surface area contributed by atoms with Gasteiger partial charge in [-0.2, -0.15) is 0 Å². The van der Waals surface area contributed by atoms with Gasteiger partial charge in [0.25, 0.3) is 0 Å². The van der Waals surface area contributed by atoms with E-state index in [0.717, 1.165) is 68.5 Å². The van der Waals surface area contributed by atoms with Crippen LogP contribution >= 0.6 is 15.9 Å². The minimum absolute atomic E-state index is 0.0742. The standard InChI is InChI=1S/C25H34BrNO4/c1-16-6-21(17(2)27(16)13-20-4-3-5-30-20)22(28)14-31-23(29)12-24-8-18-7-19(9-24)11-25(26,10-18)15-24/h6,18-20H,3-5,7-15H2,1-2H3/t18-,19-,20+,24?,25?/m1/s1. The average Bonchev–Trinajstić information content (AvgIpc) is 3.27. The Morgan fingerprint density at radius 2 is 1.97 bits per heavy atom. The highest BCUT2D eigenvalue weighted by Gasteiger charge is 2.57. The van der Waals surface area contributed by atoms with Gasteiger partial charge >= 0.3 is 5.97 Å². The predicted molar refractivity (Wildman–Crippen MR) is 122 cm³/mol. The van der Waals surface area contributed by atoms with Gasteiger partial charge in [-0.3, -0.25) is 9.59 Å². The fraction of sp³-hybridized carbons (Fsp3) is 0.760. The lowest BCUT2D eigenvalue weighted by molar-refractivity contribution is -0.149. The molecule has 0 aromatic carbocycles. The molecule has 0 spiro atoms. The number of halogens is 1. The minimum Gasteiger partial charge on any atom is -0.457 e. The van der Waals surface area contributed by atoms with E-state index in [1.807, 2.05) is 19.9 Å². The number of aryl methyl sites for hydroxylation is 1. The number of hydrogen-bond acceptors (Lipinski definition) is 4. The van der Waals surface area contributed by atoms with Gasteiger partial charge in [-0.15, -0.1) is 0 Å². The van der Waals surface area contributed by atoms with Crippen molar-refractivity contribution in [3.8, 4) is 0 Å². The summed E-state index contributed by atoms with van der Waals surface area (Å²) in [6, 6.07) is 1.92. The molecule has 1 aromatic heterocycles. The zero-order valence-corrected chi connectivity index (χ0v) is 20.3. The lowest BCUT2D eigenvalue weighted by Gasteiger charge is -2.60. The molecule has 2 heterocycles. The van der Waals surface area contributed by atoms with Crippen LogP contribution in [0.2, 0.25) is 0 Å². The van der Waals surface area contributed by atoms with E-state index in [1.165, 1.54) is 19.3 Å². The first-order valence-electron chi connectivity index (χ1n) is 11.9. The number of Topliss-reactive ketones (excluding diaryl/α,β-unsaturated/α-hetero) is 1. The highest BCUT2D eigenvalue weighted by molar-refractivity contribution is 9.10. The van der Waals surface area contributed by atoms with Gasteiger partial charge in [-0.25, -0.2) is 0 Å². The van der Waals surface area contributed by atoms with Gasteiger partial charge < -0.3 is 14.0 Å². The fourth-order valence-corrected chi connectivity index (χ4v) is 8.99. The zero-order chi connectivity index (χ0) is 21.8. The van der Waals surface area contributed by atoms with Crippen molar-refractivity contribution in [2.45, 2.75) is 88.6 Å². The Labute approximate surface area is 193 Å². The van der Waals surface area contributed by atoms with Gasteiger partial charge in [0.2, 0.25) is 5.78 Å². The van der Waals surface area contributed by atoms with E-state index < -0.39 is 0 Å². The number of esters is 1. The van der Waals surface area contributed by atoms with Crippen LogP contribution in [0.15, 0.2) is 6.07 Å². The molecule has 4 aliphatic carbocycles. The minimum atomic E-state index is -0.209. The summed E-state index contributed by atoms with van der Waals surface area (Å²) in [5, 5.41) is 0. The molecule has 5 aliphatic rings. The van der Waals surface area contributed by atoms with E-state index in [0.29, 0.717) is 12.0 Å². The number of ketones is 1. The van der Waals surface area contributed by atoms with Crippen molar-refractivity contribution in [2.75, 3.05) is 13.2 Å². The van der Waals surface area contributed by atoms with Crippen LogP contribution in [0.1, 0.15) is 79.5 Å². The number of carbonyl (C=O) groups excluding carboxylic acids is 2. The summed E-state index contributed by atoms with van der Waals surface area (Å²) in [6.45, 7) is 5.44. The lowest BCUT2D eigenvalue weighted by Crippen LogP contribution is -2.53. The molecule has 31 heavy (non-hydrogen) atoms. The number of carbonyl (C=O) groups is 2. The summed E-state index contributed by atoms with van der Waals surface area (Å²) in [5.41, 5.74) is 2.73. The summed E-state index contributed by atoms with van der Waals surface area (Å²) in [7, 11) is 0.